The minimum Gasteiger partial charge on any atom is -0.481 e. The van der Waals surface area contributed by atoms with Crippen molar-refractivity contribution in [3.8, 4) is 17.0 Å². The normalized spacial score (nSPS) is 17.5. The van der Waals surface area contributed by atoms with E-state index in [0.717, 1.165) is 6.20 Å². The molecule has 3 aromatic rings. The van der Waals surface area contributed by atoms with Gasteiger partial charge in [0.05, 0.1) is 29.4 Å². The summed E-state index contributed by atoms with van der Waals surface area (Å²) >= 11 is 0. The number of hydrogen-bond donors (Lipinski definition) is 0. The molecule has 2 aliphatic rings. The van der Waals surface area contributed by atoms with Gasteiger partial charge in [-0.1, -0.05) is 6.07 Å². The second-order valence-electron chi connectivity index (χ2n) is 11.9. The fourth-order valence-electron chi connectivity index (χ4n) is 5.61. The fourth-order valence-corrected chi connectivity index (χ4v) is 6.68. The number of nitrogens with zero attached hydrogens (tertiary/aromatic N) is 4. The van der Waals surface area contributed by atoms with Crippen LogP contribution in [0.2, 0.25) is 0 Å². The number of hydrogen-bond acceptors (Lipinski definition) is 7. The van der Waals surface area contributed by atoms with Crippen LogP contribution in [0.5, 0.6) is 5.75 Å². The number of ether oxygens (including phenoxy) is 1. The Kier molecular flexibility index (Phi) is 7.69. The van der Waals surface area contributed by atoms with E-state index in [1.807, 2.05) is 37.5 Å². The van der Waals surface area contributed by atoms with E-state index in [9.17, 15) is 12.8 Å². The summed E-state index contributed by atoms with van der Waals surface area (Å²) in [6.07, 6.45) is 3.33. The Labute approximate surface area is 239 Å². The molecule has 0 saturated carbocycles. The number of sulfone groups is 1. The topological polar surface area (TPSA) is 75.6 Å². The number of fused-ring (bicyclic) bond motifs is 1. The van der Waals surface area contributed by atoms with Gasteiger partial charge in [-0.05, 0) is 70.4 Å². The monoisotopic (exact) mass is 588 g/mol. The van der Waals surface area contributed by atoms with Gasteiger partial charge in [-0.15, -0.1) is 0 Å². The third kappa shape index (κ3) is 6.14. The van der Waals surface area contributed by atoms with Crippen molar-refractivity contribution in [3.05, 3.63) is 65.4 Å². The molecule has 0 atom stereocenters. The number of piperidine rings is 1. The molecule has 220 valence electrons. The smallest absolute Gasteiger partial charge is 0.179 e. The van der Waals surface area contributed by atoms with Crippen molar-refractivity contribution in [1.82, 2.24) is 9.97 Å². The van der Waals surface area contributed by atoms with Gasteiger partial charge in [-0.2, -0.15) is 0 Å². The number of rotatable bonds is 6. The molecule has 1 aromatic heterocycles. The molecule has 11 heteroatoms. The van der Waals surface area contributed by atoms with Crippen molar-refractivity contribution in [2.75, 3.05) is 35.7 Å². The molecule has 3 heterocycles. The molecule has 0 amide bonds. The summed E-state index contributed by atoms with van der Waals surface area (Å²) < 4.78 is 75.0. The number of aromatic nitrogens is 2. The van der Waals surface area contributed by atoms with Gasteiger partial charge in [-0.3, -0.25) is 0 Å². The average Bonchev–Trinajstić information content (AvgIpc) is 2.89. The molecule has 1 fully saturated rings. The predicted molar refractivity (Wildman–Crippen MR) is 154 cm³/mol. The Morgan fingerprint density at radius 1 is 1.02 bits per heavy atom. The molecule has 5 rings (SSSR count). The van der Waals surface area contributed by atoms with Crippen LogP contribution in [0, 0.1) is 17.5 Å². The van der Waals surface area contributed by atoms with Crippen molar-refractivity contribution in [2.45, 2.75) is 63.9 Å². The molecule has 0 aliphatic carbocycles. The number of anilines is 2. The summed E-state index contributed by atoms with van der Waals surface area (Å²) in [5.74, 6) is -1.34. The summed E-state index contributed by atoms with van der Waals surface area (Å²) in [6, 6.07) is 7.77. The average molecular weight is 589 g/mol. The zero-order valence-corrected chi connectivity index (χ0v) is 24.7. The molecule has 0 spiro atoms. The van der Waals surface area contributed by atoms with Crippen LogP contribution >= 0.6 is 0 Å². The molecule has 0 unspecified atom stereocenters. The standard InChI is InChI=1S/C30H35F3N4O3S/c1-18(2)37-17-30(3,4)40-29-23(32)14-20(15-26(29)37)28-24(33)16-34-27(35-28)13-19-6-7-25(22(31)12-19)36-10-8-21(9-11-36)41(5,38)39/h6-7,12,14-16,18,21H,8-11,13,17H2,1-5H3. The largest absolute Gasteiger partial charge is 0.481 e. The lowest BCUT2D eigenvalue weighted by molar-refractivity contribution is 0.0967. The van der Waals surface area contributed by atoms with Crippen molar-refractivity contribution in [3.63, 3.8) is 0 Å². The maximum Gasteiger partial charge on any atom is 0.179 e. The Hall–Kier alpha value is -3.34. The van der Waals surface area contributed by atoms with E-state index in [2.05, 4.69) is 9.97 Å². The maximum atomic E-state index is 15.3. The molecular formula is C30H35F3N4O3S. The highest BCUT2D eigenvalue weighted by Crippen LogP contribution is 2.43. The Morgan fingerprint density at radius 3 is 2.37 bits per heavy atom. The first-order chi connectivity index (χ1) is 19.2. The first-order valence-corrected chi connectivity index (χ1v) is 15.7. The maximum absolute atomic E-state index is 15.3. The summed E-state index contributed by atoms with van der Waals surface area (Å²) in [7, 11) is -3.12. The van der Waals surface area contributed by atoms with E-state index >= 15 is 8.78 Å². The lowest BCUT2D eigenvalue weighted by atomic mass is 10.0. The van der Waals surface area contributed by atoms with Crippen LogP contribution in [0.3, 0.4) is 0 Å². The molecule has 0 radical (unpaired) electrons. The minimum atomic E-state index is -3.12. The van der Waals surface area contributed by atoms with Gasteiger partial charge in [0.15, 0.2) is 17.4 Å². The van der Waals surface area contributed by atoms with E-state index in [4.69, 9.17) is 4.74 Å². The first-order valence-electron chi connectivity index (χ1n) is 13.7. The van der Waals surface area contributed by atoms with Crippen LogP contribution in [-0.4, -0.2) is 61.2 Å². The summed E-state index contributed by atoms with van der Waals surface area (Å²) in [5, 5.41) is -0.401. The molecule has 41 heavy (non-hydrogen) atoms. The Balaban J connectivity index is 1.39. The quantitative estimate of drug-likeness (QED) is 0.374. The van der Waals surface area contributed by atoms with Gasteiger partial charge in [0.25, 0.3) is 0 Å². The highest BCUT2D eigenvalue weighted by Gasteiger charge is 2.35. The van der Waals surface area contributed by atoms with E-state index in [1.54, 1.807) is 18.2 Å². The molecular weight excluding hydrogens is 553 g/mol. The van der Waals surface area contributed by atoms with Gasteiger partial charge in [0.2, 0.25) is 0 Å². The lowest BCUT2D eigenvalue weighted by Crippen LogP contribution is -2.49. The van der Waals surface area contributed by atoms with Gasteiger partial charge >= 0.3 is 0 Å². The van der Waals surface area contributed by atoms with Gasteiger partial charge in [-0.25, -0.2) is 31.6 Å². The molecule has 0 bridgehead atoms. The van der Waals surface area contributed by atoms with Crippen LogP contribution in [0.1, 0.15) is 51.9 Å². The zero-order chi connectivity index (χ0) is 29.7. The number of benzene rings is 2. The van der Waals surface area contributed by atoms with Crippen LogP contribution in [0.4, 0.5) is 24.5 Å². The second-order valence-corrected chi connectivity index (χ2v) is 14.2. The molecule has 2 aromatic carbocycles. The zero-order valence-electron chi connectivity index (χ0n) is 23.9. The molecule has 0 N–H and O–H groups in total. The van der Waals surface area contributed by atoms with Crippen LogP contribution in [0.25, 0.3) is 11.3 Å². The summed E-state index contributed by atoms with van der Waals surface area (Å²) in [5.41, 5.74) is 1.15. The van der Waals surface area contributed by atoms with Crippen molar-refractivity contribution in [2.24, 2.45) is 0 Å². The third-order valence-electron chi connectivity index (χ3n) is 7.72. The highest BCUT2D eigenvalue weighted by atomic mass is 32.2. The first kappa shape index (κ1) is 29.2. The predicted octanol–water partition coefficient (Wildman–Crippen LogP) is 5.55. The molecule has 7 nitrogen and oxygen atoms in total. The van der Waals surface area contributed by atoms with E-state index in [1.165, 1.54) is 18.4 Å². The van der Waals surface area contributed by atoms with E-state index < -0.39 is 38.1 Å². The van der Waals surface area contributed by atoms with Gasteiger partial charge in [0.1, 0.15) is 32.8 Å². The van der Waals surface area contributed by atoms with Crippen LogP contribution in [0.15, 0.2) is 36.5 Å². The third-order valence-corrected chi connectivity index (χ3v) is 9.40. The SMILES string of the molecule is CC(C)N1CC(C)(C)Oc2c(F)cc(-c3nc(Cc4ccc(N5CCC(S(C)(=O)=O)CC5)c(F)c4)ncc3F)cc21. The molecule has 1 saturated heterocycles. The van der Waals surface area contributed by atoms with Gasteiger partial charge in [0, 0.05) is 37.4 Å². The number of halogens is 3. The summed E-state index contributed by atoms with van der Waals surface area (Å²) in [6.45, 7) is 9.23. The van der Waals surface area contributed by atoms with Crippen LogP contribution in [-0.2, 0) is 16.3 Å². The second kappa shape index (κ2) is 10.8. The van der Waals surface area contributed by atoms with Crippen LogP contribution < -0.4 is 14.5 Å². The molecule has 2 aliphatic heterocycles. The highest BCUT2D eigenvalue weighted by molar-refractivity contribution is 7.91. The Morgan fingerprint density at radius 2 is 1.73 bits per heavy atom. The van der Waals surface area contributed by atoms with Crippen molar-refractivity contribution < 1.29 is 26.3 Å². The minimum absolute atomic E-state index is 0.0453. The fraction of sp³-hybridized carbons (Fsp3) is 0.467. The Bertz CT molecular complexity index is 1570. The van der Waals surface area contributed by atoms with E-state index in [-0.39, 0.29) is 35.3 Å². The van der Waals surface area contributed by atoms with Crippen molar-refractivity contribution in [1.29, 1.82) is 0 Å². The van der Waals surface area contributed by atoms with Gasteiger partial charge < -0.3 is 14.5 Å². The lowest BCUT2D eigenvalue weighted by Gasteiger charge is -2.43. The summed E-state index contributed by atoms with van der Waals surface area (Å²) in [4.78, 5) is 12.4. The van der Waals surface area contributed by atoms with E-state index in [0.29, 0.717) is 49.4 Å². The van der Waals surface area contributed by atoms with Crippen molar-refractivity contribution >= 4 is 21.2 Å².